The number of hydrogen-bond acceptors (Lipinski definition) is 7. The minimum Gasteiger partial charge on any atom is -0.481 e. The summed E-state index contributed by atoms with van der Waals surface area (Å²) in [6.07, 6.45) is -2.74. The Kier molecular flexibility index (Phi) is 8.14. The van der Waals surface area contributed by atoms with Crippen LogP contribution in [0.4, 0.5) is 0 Å². The zero-order valence-electron chi connectivity index (χ0n) is 11.6. The topological polar surface area (TPSA) is 116 Å². The fourth-order valence-corrected chi connectivity index (χ4v) is 1.02. The number of methoxy groups -OCH3 is 1. The van der Waals surface area contributed by atoms with E-state index in [2.05, 4.69) is 0 Å². The van der Waals surface area contributed by atoms with Crippen LogP contribution in [0.25, 0.3) is 0 Å². The Bertz CT molecular complexity index is 376. The highest BCUT2D eigenvalue weighted by atomic mass is 16.6. The Morgan fingerprint density at radius 3 is 2.20 bits per heavy atom. The van der Waals surface area contributed by atoms with Crippen molar-refractivity contribution in [3.63, 3.8) is 0 Å². The number of carbonyl (C=O) groups is 4. The summed E-state index contributed by atoms with van der Waals surface area (Å²) in [5, 5.41) is 8.39. The number of Topliss-reactive ketones (excluding diaryl/α,β-unsaturated/α-hetero) is 1. The maximum Gasteiger partial charge on any atom is 0.339 e. The van der Waals surface area contributed by atoms with E-state index in [1.54, 1.807) is 0 Å². The molecule has 2 atom stereocenters. The number of ether oxygens (including phenoxy) is 3. The van der Waals surface area contributed by atoms with E-state index >= 15 is 0 Å². The first-order valence-corrected chi connectivity index (χ1v) is 5.89. The van der Waals surface area contributed by atoms with E-state index in [9.17, 15) is 19.2 Å². The lowest BCUT2D eigenvalue weighted by atomic mass is 10.3. The molecule has 0 aliphatic rings. The van der Waals surface area contributed by atoms with Crippen molar-refractivity contribution in [3.8, 4) is 0 Å². The van der Waals surface area contributed by atoms with Crippen LogP contribution in [0.15, 0.2) is 0 Å². The number of carboxylic acids is 1. The van der Waals surface area contributed by atoms with Crippen LogP contribution in [0, 0.1) is 0 Å². The average molecular weight is 290 g/mol. The van der Waals surface area contributed by atoms with Crippen molar-refractivity contribution >= 4 is 23.7 Å². The van der Waals surface area contributed by atoms with E-state index < -0.39 is 36.7 Å². The highest BCUT2D eigenvalue weighted by Crippen LogP contribution is 2.02. The second-order valence-corrected chi connectivity index (χ2v) is 3.99. The van der Waals surface area contributed by atoms with Crippen molar-refractivity contribution < 1.29 is 38.5 Å². The molecule has 0 aromatic carbocycles. The smallest absolute Gasteiger partial charge is 0.339 e. The number of esters is 2. The first-order chi connectivity index (χ1) is 9.27. The van der Waals surface area contributed by atoms with Gasteiger partial charge < -0.3 is 19.3 Å². The van der Waals surface area contributed by atoms with Gasteiger partial charge in [-0.15, -0.1) is 0 Å². The number of ketones is 1. The Morgan fingerprint density at radius 2 is 1.75 bits per heavy atom. The van der Waals surface area contributed by atoms with Gasteiger partial charge >= 0.3 is 17.9 Å². The standard InChI is InChI=1S/C12H18O8/c1-7(13)8(2)20-12(17)9(18-3)6-19-11(16)5-4-10(14)15/h8-9H,4-6H2,1-3H3,(H,14,15). The highest BCUT2D eigenvalue weighted by Gasteiger charge is 2.24. The zero-order chi connectivity index (χ0) is 15.7. The van der Waals surface area contributed by atoms with Gasteiger partial charge in [0.15, 0.2) is 18.0 Å². The number of aliphatic carboxylic acids is 1. The van der Waals surface area contributed by atoms with Crippen LogP contribution in [0.5, 0.6) is 0 Å². The summed E-state index contributed by atoms with van der Waals surface area (Å²) < 4.78 is 14.3. The lowest BCUT2D eigenvalue weighted by Crippen LogP contribution is -2.35. The molecular weight excluding hydrogens is 272 g/mol. The molecule has 0 rings (SSSR count). The predicted octanol–water partition coefficient (Wildman–Crippen LogP) is -0.0699. The number of carboxylic acid groups (broad SMARTS) is 1. The molecule has 8 nitrogen and oxygen atoms in total. The summed E-state index contributed by atoms with van der Waals surface area (Å²) in [6.45, 7) is 2.27. The lowest BCUT2D eigenvalue weighted by Gasteiger charge is -2.17. The van der Waals surface area contributed by atoms with Crippen LogP contribution < -0.4 is 0 Å². The van der Waals surface area contributed by atoms with Gasteiger partial charge in [0.25, 0.3) is 0 Å². The van der Waals surface area contributed by atoms with Crippen molar-refractivity contribution in [2.24, 2.45) is 0 Å². The summed E-state index contributed by atoms with van der Waals surface area (Å²) in [6, 6.07) is 0. The van der Waals surface area contributed by atoms with Gasteiger partial charge in [-0.25, -0.2) is 4.79 Å². The summed E-state index contributed by atoms with van der Waals surface area (Å²) in [5.41, 5.74) is 0. The molecule has 0 aromatic rings. The molecule has 0 bridgehead atoms. The van der Waals surface area contributed by atoms with Crippen LogP contribution >= 0.6 is 0 Å². The molecule has 0 saturated carbocycles. The van der Waals surface area contributed by atoms with E-state index in [-0.39, 0.29) is 18.6 Å². The maximum absolute atomic E-state index is 11.6. The fourth-order valence-electron chi connectivity index (χ4n) is 1.02. The largest absolute Gasteiger partial charge is 0.481 e. The SMILES string of the molecule is COC(COC(=O)CCC(=O)O)C(=O)OC(C)C(C)=O. The molecule has 0 aliphatic heterocycles. The molecule has 0 aromatic heterocycles. The van der Waals surface area contributed by atoms with Crippen molar-refractivity contribution in [1.29, 1.82) is 0 Å². The lowest BCUT2D eigenvalue weighted by molar-refractivity contribution is -0.169. The van der Waals surface area contributed by atoms with Crippen LogP contribution in [0.3, 0.4) is 0 Å². The summed E-state index contributed by atoms with van der Waals surface area (Å²) in [4.78, 5) is 44.0. The molecular formula is C12H18O8. The first kappa shape index (κ1) is 18.0. The maximum atomic E-state index is 11.6. The van der Waals surface area contributed by atoms with E-state index in [4.69, 9.17) is 19.3 Å². The van der Waals surface area contributed by atoms with E-state index in [0.717, 1.165) is 0 Å². The second kappa shape index (κ2) is 9.03. The Balaban J connectivity index is 4.20. The summed E-state index contributed by atoms with van der Waals surface area (Å²) in [7, 11) is 1.22. The summed E-state index contributed by atoms with van der Waals surface area (Å²) in [5.74, 6) is -3.05. The van der Waals surface area contributed by atoms with Gasteiger partial charge in [-0.2, -0.15) is 0 Å². The van der Waals surface area contributed by atoms with Gasteiger partial charge in [0.05, 0.1) is 12.8 Å². The Labute approximate surface area is 116 Å². The molecule has 2 unspecified atom stereocenters. The van der Waals surface area contributed by atoms with Gasteiger partial charge in [0, 0.05) is 7.11 Å². The molecule has 0 spiro atoms. The molecule has 20 heavy (non-hydrogen) atoms. The monoisotopic (exact) mass is 290 g/mol. The molecule has 114 valence electrons. The molecule has 0 saturated heterocycles. The molecule has 0 fully saturated rings. The van der Waals surface area contributed by atoms with Crippen LogP contribution in [0.1, 0.15) is 26.7 Å². The first-order valence-electron chi connectivity index (χ1n) is 5.89. The predicted molar refractivity (Wildman–Crippen MR) is 64.9 cm³/mol. The fraction of sp³-hybridized carbons (Fsp3) is 0.667. The Hall–Kier alpha value is -1.96. The van der Waals surface area contributed by atoms with Gasteiger partial charge in [0.1, 0.15) is 6.61 Å². The van der Waals surface area contributed by atoms with Crippen LogP contribution in [0.2, 0.25) is 0 Å². The summed E-state index contributed by atoms with van der Waals surface area (Å²) >= 11 is 0. The second-order valence-electron chi connectivity index (χ2n) is 3.99. The quantitative estimate of drug-likeness (QED) is 0.586. The number of rotatable bonds is 9. The van der Waals surface area contributed by atoms with Crippen LogP contribution in [-0.4, -0.2) is 54.7 Å². The van der Waals surface area contributed by atoms with E-state index in [1.807, 2.05) is 0 Å². The minimum atomic E-state index is -1.16. The normalized spacial score (nSPS) is 13.2. The average Bonchev–Trinajstić information content (AvgIpc) is 2.36. The molecule has 0 amide bonds. The minimum absolute atomic E-state index is 0.301. The van der Waals surface area contributed by atoms with Crippen molar-refractivity contribution in [1.82, 2.24) is 0 Å². The van der Waals surface area contributed by atoms with Crippen molar-refractivity contribution in [2.45, 2.75) is 38.9 Å². The number of carbonyl (C=O) groups excluding carboxylic acids is 3. The van der Waals surface area contributed by atoms with Gasteiger partial charge in [0.2, 0.25) is 0 Å². The molecule has 0 aliphatic carbocycles. The van der Waals surface area contributed by atoms with Gasteiger partial charge in [-0.1, -0.05) is 0 Å². The van der Waals surface area contributed by atoms with Crippen LogP contribution in [-0.2, 0) is 33.4 Å². The van der Waals surface area contributed by atoms with Crippen molar-refractivity contribution in [2.75, 3.05) is 13.7 Å². The molecule has 8 heteroatoms. The van der Waals surface area contributed by atoms with E-state index in [0.29, 0.717) is 0 Å². The third-order valence-corrected chi connectivity index (χ3v) is 2.35. The van der Waals surface area contributed by atoms with E-state index in [1.165, 1.54) is 21.0 Å². The molecule has 0 heterocycles. The molecule has 1 N–H and O–H groups in total. The third kappa shape index (κ3) is 7.47. The zero-order valence-corrected chi connectivity index (χ0v) is 11.6. The van der Waals surface area contributed by atoms with Gasteiger partial charge in [-0.05, 0) is 13.8 Å². The number of hydrogen-bond donors (Lipinski definition) is 1. The third-order valence-electron chi connectivity index (χ3n) is 2.35. The van der Waals surface area contributed by atoms with Gasteiger partial charge in [-0.3, -0.25) is 14.4 Å². The van der Waals surface area contributed by atoms with Crippen molar-refractivity contribution in [3.05, 3.63) is 0 Å². The molecule has 0 radical (unpaired) electrons. The highest BCUT2D eigenvalue weighted by molar-refractivity contribution is 5.84. The Morgan fingerprint density at radius 1 is 1.15 bits per heavy atom.